The molecule has 0 aromatic heterocycles. The van der Waals surface area contributed by atoms with Gasteiger partial charge in [-0.2, -0.15) is 0 Å². The number of fused-ring (bicyclic) bond motifs is 1. The molecule has 0 saturated heterocycles. The van der Waals surface area contributed by atoms with Gasteiger partial charge in [-0.15, -0.1) is 0 Å². The van der Waals surface area contributed by atoms with Gasteiger partial charge in [-0.1, -0.05) is 25.3 Å². The van der Waals surface area contributed by atoms with E-state index in [2.05, 4.69) is 11.4 Å². The molecule has 2 nitrogen and oxygen atoms in total. The van der Waals surface area contributed by atoms with Crippen molar-refractivity contribution < 1.29 is 5.11 Å². The van der Waals surface area contributed by atoms with Crippen LogP contribution < -0.4 is 5.32 Å². The van der Waals surface area contributed by atoms with Crippen molar-refractivity contribution in [2.24, 2.45) is 0 Å². The predicted octanol–water partition coefficient (Wildman–Crippen LogP) is 3.30. The van der Waals surface area contributed by atoms with E-state index in [4.69, 9.17) is 0 Å². The lowest BCUT2D eigenvalue weighted by Gasteiger charge is -2.27. The number of aromatic hydroxyl groups is 1. The summed E-state index contributed by atoms with van der Waals surface area (Å²) >= 11 is 0. The van der Waals surface area contributed by atoms with Crippen LogP contribution in [0.25, 0.3) is 0 Å². The molecule has 92 valence electrons. The highest BCUT2D eigenvalue weighted by atomic mass is 16.3. The Balaban J connectivity index is 1.72. The van der Waals surface area contributed by atoms with Crippen LogP contribution in [0.4, 0.5) is 0 Å². The van der Waals surface area contributed by atoms with Crippen molar-refractivity contribution in [2.75, 3.05) is 0 Å². The number of hydrogen-bond donors (Lipinski definition) is 2. The van der Waals surface area contributed by atoms with Crippen LogP contribution >= 0.6 is 0 Å². The molecule has 17 heavy (non-hydrogen) atoms. The molecule has 0 spiro atoms. The van der Waals surface area contributed by atoms with Gasteiger partial charge < -0.3 is 10.4 Å². The Morgan fingerprint density at radius 1 is 1.06 bits per heavy atom. The molecule has 1 aromatic carbocycles. The minimum absolute atomic E-state index is 0.404. The molecule has 2 N–H and O–H groups in total. The second kappa shape index (κ2) is 4.69. The van der Waals surface area contributed by atoms with Gasteiger partial charge in [-0.05, 0) is 48.9 Å². The third kappa shape index (κ3) is 2.32. The summed E-state index contributed by atoms with van der Waals surface area (Å²) in [7, 11) is 0. The van der Waals surface area contributed by atoms with Crippen LogP contribution in [0.1, 0.15) is 55.7 Å². The lowest BCUT2D eigenvalue weighted by atomic mass is 9.94. The maximum atomic E-state index is 9.59. The van der Waals surface area contributed by atoms with E-state index in [0.29, 0.717) is 17.8 Å². The van der Waals surface area contributed by atoms with E-state index in [1.165, 1.54) is 49.7 Å². The molecule has 2 heteroatoms. The van der Waals surface area contributed by atoms with Crippen molar-refractivity contribution in [3.05, 3.63) is 29.3 Å². The van der Waals surface area contributed by atoms with Crippen LogP contribution in [0, 0.1) is 0 Å². The topological polar surface area (TPSA) is 32.3 Å². The summed E-state index contributed by atoms with van der Waals surface area (Å²) in [5, 5.41) is 13.4. The minimum atomic E-state index is 0.404. The fraction of sp³-hybridized carbons (Fsp3) is 0.600. The predicted molar refractivity (Wildman–Crippen MR) is 69.2 cm³/mol. The molecule has 2 aliphatic carbocycles. The van der Waals surface area contributed by atoms with Crippen LogP contribution in [0.5, 0.6) is 5.75 Å². The maximum absolute atomic E-state index is 9.59. The Hall–Kier alpha value is -1.02. The molecule has 0 bridgehead atoms. The second-order valence-electron chi connectivity index (χ2n) is 5.48. The van der Waals surface area contributed by atoms with Crippen molar-refractivity contribution >= 4 is 0 Å². The number of phenolic OH excluding ortho intramolecular Hbond substituents is 1. The first-order chi connectivity index (χ1) is 8.33. The molecule has 2 aliphatic rings. The molecule has 1 atom stereocenters. The van der Waals surface area contributed by atoms with Crippen molar-refractivity contribution in [1.29, 1.82) is 0 Å². The molecule has 0 aliphatic heterocycles. The summed E-state index contributed by atoms with van der Waals surface area (Å²) in [5.74, 6) is 0.404. The van der Waals surface area contributed by atoms with Crippen molar-refractivity contribution in [1.82, 2.24) is 5.32 Å². The second-order valence-corrected chi connectivity index (χ2v) is 5.48. The molecule has 0 heterocycles. The average molecular weight is 231 g/mol. The number of phenols is 1. The fourth-order valence-electron chi connectivity index (χ4n) is 3.32. The summed E-state index contributed by atoms with van der Waals surface area (Å²) in [6.07, 6.45) is 9.14. The van der Waals surface area contributed by atoms with E-state index in [9.17, 15) is 5.11 Å². The number of hydrogen-bond acceptors (Lipinski definition) is 2. The Labute approximate surface area is 103 Å². The maximum Gasteiger partial charge on any atom is 0.115 e. The SMILES string of the molecule is Oc1ccc2c(c1)C(NC1CCCCC1)CC2. The minimum Gasteiger partial charge on any atom is -0.508 e. The summed E-state index contributed by atoms with van der Waals surface area (Å²) in [4.78, 5) is 0. The van der Waals surface area contributed by atoms with Gasteiger partial charge in [-0.25, -0.2) is 0 Å². The molecule has 0 radical (unpaired) electrons. The third-order valence-corrected chi connectivity index (χ3v) is 4.25. The average Bonchev–Trinajstić information content (AvgIpc) is 2.73. The van der Waals surface area contributed by atoms with Crippen molar-refractivity contribution in [2.45, 2.75) is 57.0 Å². The molecule has 1 fully saturated rings. The number of rotatable bonds is 2. The van der Waals surface area contributed by atoms with E-state index < -0.39 is 0 Å². The van der Waals surface area contributed by atoms with E-state index >= 15 is 0 Å². The van der Waals surface area contributed by atoms with Crippen molar-refractivity contribution in [3.63, 3.8) is 0 Å². The normalized spacial score (nSPS) is 24.8. The van der Waals surface area contributed by atoms with E-state index in [-0.39, 0.29) is 0 Å². The Morgan fingerprint density at radius 3 is 2.71 bits per heavy atom. The quantitative estimate of drug-likeness (QED) is 0.818. The third-order valence-electron chi connectivity index (χ3n) is 4.25. The zero-order valence-corrected chi connectivity index (χ0v) is 10.3. The summed E-state index contributed by atoms with van der Waals surface area (Å²) in [5.41, 5.74) is 2.74. The van der Waals surface area contributed by atoms with Gasteiger partial charge >= 0.3 is 0 Å². The zero-order valence-electron chi connectivity index (χ0n) is 10.3. The number of nitrogens with one attached hydrogen (secondary N) is 1. The molecule has 3 rings (SSSR count). The summed E-state index contributed by atoms with van der Waals surface area (Å²) < 4.78 is 0. The first kappa shape index (κ1) is 11.1. The molecule has 1 saturated carbocycles. The number of benzene rings is 1. The molecule has 1 unspecified atom stereocenters. The van der Waals surface area contributed by atoms with Gasteiger partial charge in [-0.3, -0.25) is 0 Å². The lowest BCUT2D eigenvalue weighted by Crippen LogP contribution is -2.33. The highest BCUT2D eigenvalue weighted by Gasteiger charge is 2.25. The van der Waals surface area contributed by atoms with Gasteiger partial charge in [0.2, 0.25) is 0 Å². The van der Waals surface area contributed by atoms with Crippen LogP contribution in [0.3, 0.4) is 0 Å². The highest BCUT2D eigenvalue weighted by Crippen LogP contribution is 2.34. The van der Waals surface area contributed by atoms with Gasteiger partial charge in [0.15, 0.2) is 0 Å². The molecular formula is C15H21NO. The Bertz CT molecular complexity index is 396. The monoisotopic (exact) mass is 231 g/mol. The van der Waals surface area contributed by atoms with E-state index in [1.54, 1.807) is 0 Å². The Morgan fingerprint density at radius 2 is 1.88 bits per heavy atom. The largest absolute Gasteiger partial charge is 0.508 e. The van der Waals surface area contributed by atoms with Gasteiger partial charge in [0, 0.05) is 12.1 Å². The molecule has 1 aromatic rings. The van der Waals surface area contributed by atoms with Gasteiger partial charge in [0.1, 0.15) is 5.75 Å². The highest BCUT2D eigenvalue weighted by molar-refractivity contribution is 5.40. The lowest BCUT2D eigenvalue weighted by molar-refractivity contribution is 0.337. The Kier molecular flexibility index (Phi) is 3.06. The van der Waals surface area contributed by atoms with Crippen molar-refractivity contribution in [3.8, 4) is 5.75 Å². The van der Waals surface area contributed by atoms with Crippen LogP contribution in [0.15, 0.2) is 18.2 Å². The van der Waals surface area contributed by atoms with Crippen LogP contribution in [0.2, 0.25) is 0 Å². The summed E-state index contributed by atoms with van der Waals surface area (Å²) in [6, 6.07) is 7.00. The zero-order chi connectivity index (χ0) is 11.7. The first-order valence-corrected chi connectivity index (χ1v) is 6.91. The smallest absolute Gasteiger partial charge is 0.115 e. The molecule has 0 amide bonds. The van der Waals surface area contributed by atoms with Gasteiger partial charge in [0.25, 0.3) is 0 Å². The standard InChI is InChI=1S/C15H21NO/c17-13-8-6-11-7-9-15(14(11)10-13)16-12-4-2-1-3-5-12/h6,8,10,12,15-17H,1-5,7,9H2. The van der Waals surface area contributed by atoms with E-state index in [1.807, 2.05) is 12.1 Å². The van der Waals surface area contributed by atoms with Gasteiger partial charge in [0.05, 0.1) is 0 Å². The van der Waals surface area contributed by atoms with E-state index in [0.717, 1.165) is 6.42 Å². The van der Waals surface area contributed by atoms with Crippen LogP contribution in [-0.2, 0) is 6.42 Å². The first-order valence-electron chi connectivity index (χ1n) is 6.91. The number of aryl methyl sites for hydroxylation is 1. The molecular weight excluding hydrogens is 210 g/mol. The fourth-order valence-corrected chi connectivity index (χ4v) is 3.32. The summed E-state index contributed by atoms with van der Waals surface area (Å²) in [6.45, 7) is 0. The van der Waals surface area contributed by atoms with Crippen LogP contribution in [-0.4, -0.2) is 11.1 Å².